The van der Waals surface area contributed by atoms with E-state index in [1.54, 1.807) is 0 Å². The van der Waals surface area contributed by atoms with Gasteiger partial charge in [0, 0.05) is 11.1 Å². The molecule has 4 rings (SSSR count). The first-order valence-electron chi connectivity index (χ1n) is 11.0. The van der Waals surface area contributed by atoms with Crippen molar-refractivity contribution in [1.82, 2.24) is 0 Å². The maximum absolute atomic E-state index is 10.6. The zero-order chi connectivity index (χ0) is 22.0. The van der Waals surface area contributed by atoms with Gasteiger partial charge in [0.1, 0.15) is 24.4 Å². The lowest BCUT2D eigenvalue weighted by Crippen LogP contribution is -2.61. The summed E-state index contributed by atoms with van der Waals surface area (Å²) in [7, 11) is 0. The Balaban J connectivity index is 1.64. The van der Waals surface area contributed by atoms with Gasteiger partial charge in [-0.25, -0.2) is 0 Å². The minimum Gasteiger partial charge on any atom is -0.394 e. The standard InChI is InChI=1S/C25H32O6/c1-4-5-20-22-23(31-24(28-20)17-10-6-15(2)7-11-17)21(19(27)14-26)29-25(30-22)18-12-8-16(3)9-13-18/h6-13,19-27H,4-5,14H2,1-3H3. The van der Waals surface area contributed by atoms with Crippen molar-refractivity contribution in [3.63, 3.8) is 0 Å². The van der Waals surface area contributed by atoms with E-state index < -0.39 is 43.6 Å². The lowest BCUT2D eigenvalue weighted by Gasteiger charge is -2.50. The fraction of sp³-hybridized carbons (Fsp3) is 0.520. The van der Waals surface area contributed by atoms with Gasteiger partial charge < -0.3 is 29.2 Å². The predicted octanol–water partition coefficient (Wildman–Crippen LogP) is 3.72. The summed E-state index contributed by atoms with van der Waals surface area (Å²) < 4.78 is 25.1. The Morgan fingerprint density at radius 1 is 0.774 bits per heavy atom. The minimum absolute atomic E-state index is 0.222. The summed E-state index contributed by atoms with van der Waals surface area (Å²) >= 11 is 0. The molecule has 6 heteroatoms. The van der Waals surface area contributed by atoms with Crippen LogP contribution in [-0.2, 0) is 18.9 Å². The Morgan fingerprint density at radius 3 is 1.81 bits per heavy atom. The van der Waals surface area contributed by atoms with Crippen molar-refractivity contribution in [3.8, 4) is 0 Å². The van der Waals surface area contributed by atoms with Gasteiger partial charge in [0.25, 0.3) is 0 Å². The molecule has 6 nitrogen and oxygen atoms in total. The van der Waals surface area contributed by atoms with E-state index in [1.807, 2.05) is 62.4 Å². The van der Waals surface area contributed by atoms with Crippen molar-refractivity contribution in [1.29, 1.82) is 0 Å². The van der Waals surface area contributed by atoms with E-state index in [0.717, 1.165) is 35.1 Å². The molecule has 0 bridgehead atoms. The molecule has 2 heterocycles. The Kier molecular flexibility index (Phi) is 7.06. The molecular formula is C25H32O6. The SMILES string of the molecule is CCCC1OC(c2ccc(C)cc2)OC2C(C(O)CO)OC(c3ccc(C)cc3)OC12. The van der Waals surface area contributed by atoms with Crippen LogP contribution in [-0.4, -0.2) is 47.3 Å². The zero-order valence-corrected chi connectivity index (χ0v) is 18.3. The summed E-state index contributed by atoms with van der Waals surface area (Å²) in [6, 6.07) is 15.9. The molecule has 0 amide bonds. The first-order valence-corrected chi connectivity index (χ1v) is 11.0. The second-order valence-electron chi connectivity index (χ2n) is 8.50. The van der Waals surface area contributed by atoms with Gasteiger partial charge in [-0.05, 0) is 20.3 Å². The predicted molar refractivity (Wildman–Crippen MR) is 115 cm³/mol. The molecule has 2 aromatic rings. The number of hydrogen-bond donors (Lipinski definition) is 2. The molecule has 2 aliphatic heterocycles. The summed E-state index contributed by atoms with van der Waals surface area (Å²) in [4.78, 5) is 0. The van der Waals surface area contributed by atoms with Crippen molar-refractivity contribution in [2.24, 2.45) is 0 Å². The normalized spacial score (nSPS) is 31.8. The summed E-state index contributed by atoms with van der Waals surface area (Å²) in [5, 5.41) is 20.3. The molecule has 2 fully saturated rings. The van der Waals surface area contributed by atoms with Crippen LogP contribution in [0.2, 0.25) is 0 Å². The van der Waals surface area contributed by atoms with Gasteiger partial charge in [0.2, 0.25) is 0 Å². The lowest BCUT2D eigenvalue weighted by molar-refractivity contribution is -0.391. The number of hydrogen-bond acceptors (Lipinski definition) is 6. The largest absolute Gasteiger partial charge is 0.394 e. The van der Waals surface area contributed by atoms with Crippen LogP contribution in [0.4, 0.5) is 0 Å². The molecule has 0 aromatic heterocycles. The van der Waals surface area contributed by atoms with E-state index in [0.29, 0.717) is 0 Å². The highest BCUT2D eigenvalue weighted by Gasteiger charge is 2.51. The van der Waals surface area contributed by atoms with Crippen molar-refractivity contribution in [2.45, 2.75) is 76.7 Å². The van der Waals surface area contributed by atoms with Crippen LogP contribution in [0.15, 0.2) is 48.5 Å². The summed E-state index contributed by atoms with van der Waals surface area (Å²) in [5.74, 6) is 0. The van der Waals surface area contributed by atoms with E-state index in [9.17, 15) is 10.2 Å². The lowest BCUT2D eigenvalue weighted by atomic mass is 9.93. The molecule has 7 atom stereocenters. The number of benzene rings is 2. The second-order valence-corrected chi connectivity index (χ2v) is 8.50. The van der Waals surface area contributed by atoms with E-state index in [2.05, 4.69) is 6.92 Å². The first-order chi connectivity index (χ1) is 15.0. The Hall–Kier alpha value is -1.80. The van der Waals surface area contributed by atoms with E-state index in [4.69, 9.17) is 18.9 Å². The number of aryl methyl sites for hydroxylation is 2. The maximum Gasteiger partial charge on any atom is 0.184 e. The van der Waals surface area contributed by atoms with Gasteiger partial charge in [-0.3, -0.25) is 0 Å². The van der Waals surface area contributed by atoms with Crippen molar-refractivity contribution >= 4 is 0 Å². The Labute approximate surface area is 183 Å². The minimum atomic E-state index is -1.09. The molecule has 2 saturated heterocycles. The molecule has 2 aromatic carbocycles. The van der Waals surface area contributed by atoms with Gasteiger partial charge >= 0.3 is 0 Å². The Bertz CT molecular complexity index is 836. The molecule has 0 saturated carbocycles. The van der Waals surface area contributed by atoms with Gasteiger partial charge in [-0.2, -0.15) is 0 Å². The average Bonchev–Trinajstić information content (AvgIpc) is 2.79. The highest BCUT2D eigenvalue weighted by molar-refractivity contribution is 5.24. The highest BCUT2D eigenvalue weighted by atomic mass is 16.8. The highest BCUT2D eigenvalue weighted by Crippen LogP contribution is 2.42. The Morgan fingerprint density at radius 2 is 1.29 bits per heavy atom. The van der Waals surface area contributed by atoms with Crippen LogP contribution in [0.5, 0.6) is 0 Å². The third kappa shape index (κ3) is 4.85. The molecule has 31 heavy (non-hydrogen) atoms. The molecule has 0 radical (unpaired) electrons. The van der Waals surface area contributed by atoms with Gasteiger partial charge in [0.15, 0.2) is 12.6 Å². The molecule has 2 N–H and O–H groups in total. The number of aliphatic hydroxyl groups excluding tert-OH is 2. The molecule has 0 spiro atoms. The van der Waals surface area contributed by atoms with Crippen molar-refractivity contribution in [3.05, 3.63) is 70.8 Å². The van der Waals surface area contributed by atoms with Crippen LogP contribution in [0.3, 0.4) is 0 Å². The number of aliphatic hydroxyl groups is 2. The molecule has 168 valence electrons. The molecule has 7 unspecified atom stereocenters. The van der Waals surface area contributed by atoms with E-state index >= 15 is 0 Å². The van der Waals surface area contributed by atoms with Crippen LogP contribution in [0.25, 0.3) is 0 Å². The van der Waals surface area contributed by atoms with E-state index in [-0.39, 0.29) is 6.10 Å². The smallest absolute Gasteiger partial charge is 0.184 e. The molecule has 2 aliphatic rings. The summed E-state index contributed by atoms with van der Waals surface area (Å²) in [5.41, 5.74) is 4.05. The second kappa shape index (κ2) is 9.77. The van der Waals surface area contributed by atoms with Crippen LogP contribution in [0, 0.1) is 13.8 Å². The van der Waals surface area contributed by atoms with Gasteiger partial charge in [-0.15, -0.1) is 0 Å². The quantitative estimate of drug-likeness (QED) is 0.730. The summed E-state index contributed by atoms with van der Waals surface area (Å²) in [6.45, 7) is 5.73. The van der Waals surface area contributed by atoms with Crippen LogP contribution >= 0.6 is 0 Å². The topological polar surface area (TPSA) is 77.4 Å². The van der Waals surface area contributed by atoms with E-state index in [1.165, 1.54) is 0 Å². The third-order valence-electron chi connectivity index (χ3n) is 5.99. The van der Waals surface area contributed by atoms with Crippen molar-refractivity contribution in [2.75, 3.05) is 6.61 Å². The average molecular weight is 429 g/mol. The fourth-order valence-electron chi connectivity index (χ4n) is 4.22. The van der Waals surface area contributed by atoms with Crippen LogP contribution < -0.4 is 0 Å². The molecule has 0 aliphatic carbocycles. The number of ether oxygens (including phenoxy) is 4. The first kappa shape index (κ1) is 22.4. The number of rotatable bonds is 6. The van der Waals surface area contributed by atoms with Gasteiger partial charge in [-0.1, -0.05) is 73.0 Å². The molecular weight excluding hydrogens is 396 g/mol. The van der Waals surface area contributed by atoms with Crippen LogP contribution in [0.1, 0.15) is 54.6 Å². The maximum atomic E-state index is 10.6. The van der Waals surface area contributed by atoms with Crippen molar-refractivity contribution < 1.29 is 29.2 Å². The monoisotopic (exact) mass is 428 g/mol. The third-order valence-corrected chi connectivity index (χ3v) is 5.99. The number of fused-ring (bicyclic) bond motifs is 1. The fourth-order valence-corrected chi connectivity index (χ4v) is 4.22. The van der Waals surface area contributed by atoms with Gasteiger partial charge in [0.05, 0.1) is 12.7 Å². The zero-order valence-electron chi connectivity index (χ0n) is 18.3. The summed E-state index contributed by atoms with van der Waals surface area (Å²) in [6.07, 6.45) is -2.61.